The monoisotopic (exact) mass is 428 g/mol. The van der Waals surface area contributed by atoms with Crippen LogP contribution in [0.25, 0.3) is 0 Å². The summed E-state index contributed by atoms with van der Waals surface area (Å²) in [5.41, 5.74) is -0.819. The summed E-state index contributed by atoms with van der Waals surface area (Å²) in [6.07, 6.45) is 0. The zero-order valence-electron chi connectivity index (χ0n) is 17.4. The van der Waals surface area contributed by atoms with Crippen LogP contribution in [0.4, 0.5) is 13.2 Å². The molecule has 27 heavy (non-hydrogen) atoms. The SMILES string of the molecule is CC(C)(C)c1ccc(S)c(C(C)(C)C)c1C(C)(C)C.O=S(=O)(O)C(F)(F)F. The number of benzene rings is 1. The summed E-state index contributed by atoms with van der Waals surface area (Å²) in [5.74, 6) is 0. The van der Waals surface area contributed by atoms with E-state index >= 15 is 0 Å². The molecule has 1 N–H and O–H groups in total. The highest BCUT2D eigenvalue weighted by Gasteiger charge is 2.44. The fraction of sp³-hybridized carbons (Fsp3) is 0.684. The van der Waals surface area contributed by atoms with Crippen LogP contribution in [-0.4, -0.2) is 18.5 Å². The molecule has 0 aromatic heterocycles. The van der Waals surface area contributed by atoms with Crippen LogP contribution in [-0.2, 0) is 26.4 Å². The van der Waals surface area contributed by atoms with Crippen LogP contribution in [0.1, 0.15) is 79.0 Å². The van der Waals surface area contributed by atoms with E-state index in [0.717, 1.165) is 4.90 Å². The van der Waals surface area contributed by atoms with Crippen molar-refractivity contribution in [1.29, 1.82) is 0 Å². The van der Waals surface area contributed by atoms with Gasteiger partial charge in [-0.25, -0.2) is 0 Å². The van der Waals surface area contributed by atoms with Crippen molar-refractivity contribution in [1.82, 2.24) is 0 Å². The highest BCUT2D eigenvalue weighted by Crippen LogP contribution is 2.43. The van der Waals surface area contributed by atoms with Crippen LogP contribution in [0, 0.1) is 0 Å². The van der Waals surface area contributed by atoms with Gasteiger partial charge in [0.25, 0.3) is 0 Å². The fourth-order valence-electron chi connectivity index (χ4n) is 2.75. The highest BCUT2D eigenvalue weighted by atomic mass is 32.2. The standard InChI is InChI=1S/C18H30S.CHF3O3S/c1-16(2,3)12-10-11-13(19)15(18(7,8)9)14(12)17(4,5)6;2-1(3,4)8(5,6)7/h10-11,19H,1-9H3;(H,5,6,7). The lowest BCUT2D eigenvalue weighted by atomic mass is 9.69. The maximum atomic E-state index is 10.7. The molecule has 0 saturated heterocycles. The van der Waals surface area contributed by atoms with Crippen LogP contribution in [0.5, 0.6) is 0 Å². The third kappa shape index (κ3) is 7.31. The topological polar surface area (TPSA) is 54.4 Å². The van der Waals surface area contributed by atoms with Crippen LogP contribution in [0.15, 0.2) is 17.0 Å². The van der Waals surface area contributed by atoms with E-state index in [4.69, 9.17) is 25.6 Å². The molecular weight excluding hydrogens is 397 g/mol. The van der Waals surface area contributed by atoms with Crippen LogP contribution < -0.4 is 0 Å². The van der Waals surface area contributed by atoms with Crippen molar-refractivity contribution in [3.63, 3.8) is 0 Å². The summed E-state index contributed by atoms with van der Waals surface area (Å²) in [5, 5.41) is 0. The van der Waals surface area contributed by atoms with Crippen molar-refractivity contribution in [2.24, 2.45) is 0 Å². The molecule has 158 valence electrons. The fourth-order valence-corrected chi connectivity index (χ4v) is 3.28. The first-order valence-electron chi connectivity index (χ1n) is 8.42. The van der Waals surface area contributed by atoms with Gasteiger partial charge in [0, 0.05) is 4.90 Å². The molecule has 0 saturated carbocycles. The zero-order valence-corrected chi connectivity index (χ0v) is 19.1. The number of rotatable bonds is 0. The lowest BCUT2D eigenvalue weighted by Crippen LogP contribution is -2.28. The summed E-state index contributed by atoms with van der Waals surface area (Å²) in [6, 6.07) is 4.43. The van der Waals surface area contributed by atoms with Gasteiger partial charge in [-0.2, -0.15) is 21.6 Å². The van der Waals surface area contributed by atoms with E-state index in [9.17, 15) is 13.2 Å². The Kier molecular flexibility index (Phi) is 7.74. The van der Waals surface area contributed by atoms with Gasteiger partial charge in [0.2, 0.25) is 0 Å². The first kappa shape index (κ1) is 26.3. The largest absolute Gasteiger partial charge is 0.522 e. The molecule has 0 radical (unpaired) electrons. The summed E-state index contributed by atoms with van der Waals surface area (Å²) < 4.78 is 57.5. The van der Waals surface area contributed by atoms with Crippen molar-refractivity contribution < 1.29 is 26.1 Å². The van der Waals surface area contributed by atoms with Gasteiger partial charge in [0.1, 0.15) is 0 Å². The van der Waals surface area contributed by atoms with Crippen molar-refractivity contribution in [2.45, 2.75) is 89.0 Å². The molecule has 0 aliphatic carbocycles. The predicted molar refractivity (Wildman–Crippen MR) is 107 cm³/mol. The molecule has 0 aliphatic rings. The molecular formula is C19H31F3O3S2. The average Bonchev–Trinajstić information content (AvgIpc) is 2.32. The molecule has 0 bridgehead atoms. The summed E-state index contributed by atoms with van der Waals surface area (Å²) in [6.45, 7) is 20.6. The predicted octanol–water partition coefficient (Wildman–Crippen LogP) is 6.26. The van der Waals surface area contributed by atoms with Crippen LogP contribution in [0.3, 0.4) is 0 Å². The molecule has 0 unspecified atom stereocenters. The Bertz CT molecular complexity index is 762. The first-order chi connectivity index (χ1) is 11.5. The number of halogens is 3. The molecule has 0 atom stereocenters. The van der Waals surface area contributed by atoms with Crippen molar-refractivity contribution in [2.75, 3.05) is 0 Å². The van der Waals surface area contributed by atoms with E-state index in [0.29, 0.717) is 0 Å². The maximum Gasteiger partial charge on any atom is 0.522 e. The molecule has 1 aromatic carbocycles. The van der Waals surface area contributed by atoms with E-state index < -0.39 is 15.6 Å². The Hall–Kier alpha value is -0.730. The van der Waals surface area contributed by atoms with Gasteiger partial charge < -0.3 is 0 Å². The Morgan fingerprint density at radius 3 is 1.33 bits per heavy atom. The minimum atomic E-state index is -5.84. The Morgan fingerprint density at radius 1 is 0.778 bits per heavy atom. The smallest absolute Gasteiger partial charge is 0.279 e. The number of thiol groups is 1. The van der Waals surface area contributed by atoms with Crippen LogP contribution in [0.2, 0.25) is 0 Å². The van der Waals surface area contributed by atoms with Crippen molar-refractivity contribution in [3.8, 4) is 0 Å². The molecule has 0 amide bonds. The quantitative estimate of drug-likeness (QED) is 0.291. The molecule has 1 rings (SSSR count). The van der Waals surface area contributed by atoms with Gasteiger partial charge in [-0.1, -0.05) is 68.4 Å². The molecule has 0 spiro atoms. The Labute approximate surface area is 166 Å². The number of hydrogen-bond donors (Lipinski definition) is 2. The number of alkyl halides is 3. The second-order valence-corrected chi connectivity index (χ2v) is 11.4. The summed E-state index contributed by atoms with van der Waals surface area (Å²) >= 11 is 4.74. The molecule has 0 heterocycles. The van der Waals surface area contributed by atoms with Gasteiger partial charge in [-0.3, -0.25) is 4.55 Å². The average molecular weight is 429 g/mol. The van der Waals surface area contributed by atoms with E-state index in [1.807, 2.05) is 0 Å². The summed E-state index contributed by atoms with van der Waals surface area (Å²) in [4.78, 5) is 1.12. The van der Waals surface area contributed by atoms with Crippen molar-refractivity contribution >= 4 is 22.7 Å². The lowest BCUT2D eigenvalue weighted by Gasteiger charge is -2.37. The first-order valence-corrected chi connectivity index (χ1v) is 10.3. The lowest BCUT2D eigenvalue weighted by molar-refractivity contribution is -0.0510. The van der Waals surface area contributed by atoms with E-state index in [1.54, 1.807) is 0 Å². The van der Waals surface area contributed by atoms with Gasteiger partial charge in [0.05, 0.1) is 0 Å². The Balaban J connectivity index is 0.000000713. The third-order valence-corrected chi connectivity index (χ3v) is 4.74. The third-order valence-electron chi connectivity index (χ3n) is 3.78. The van der Waals surface area contributed by atoms with Gasteiger partial charge >= 0.3 is 15.6 Å². The second kappa shape index (κ2) is 7.95. The van der Waals surface area contributed by atoms with Crippen molar-refractivity contribution in [3.05, 3.63) is 28.8 Å². The maximum absolute atomic E-state index is 10.7. The Morgan fingerprint density at radius 2 is 1.11 bits per heavy atom. The van der Waals surface area contributed by atoms with Crippen LogP contribution >= 0.6 is 12.6 Å². The molecule has 0 aliphatic heterocycles. The molecule has 1 aromatic rings. The molecule has 3 nitrogen and oxygen atoms in total. The van der Waals surface area contributed by atoms with E-state index in [1.165, 1.54) is 16.7 Å². The second-order valence-electron chi connectivity index (χ2n) is 9.55. The van der Waals surface area contributed by atoms with E-state index in [-0.39, 0.29) is 16.2 Å². The van der Waals surface area contributed by atoms with Gasteiger partial charge in [-0.05, 0) is 39.0 Å². The zero-order chi connectivity index (χ0) is 22.2. The highest BCUT2D eigenvalue weighted by molar-refractivity contribution is 7.86. The van der Waals surface area contributed by atoms with Gasteiger partial charge in [-0.15, -0.1) is 12.6 Å². The molecule has 8 heteroatoms. The number of hydrogen-bond acceptors (Lipinski definition) is 3. The minimum Gasteiger partial charge on any atom is -0.279 e. The van der Waals surface area contributed by atoms with Gasteiger partial charge in [0.15, 0.2) is 0 Å². The minimum absolute atomic E-state index is 0.112. The van der Waals surface area contributed by atoms with E-state index in [2.05, 4.69) is 74.4 Å². The molecule has 0 fully saturated rings. The summed E-state index contributed by atoms with van der Waals surface area (Å²) in [7, 11) is -5.84. The normalized spacial score (nSPS) is 13.9.